The minimum Gasteiger partial charge on any atom is -0.361 e. The highest BCUT2D eigenvalue weighted by Crippen LogP contribution is 2.34. The second kappa shape index (κ2) is 9.12. The molecule has 32 heavy (non-hydrogen) atoms. The minimum absolute atomic E-state index is 0.0859. The largest absolute Gasteiger partial charge is 0.361 e. The van der Waals surface area contributed by atoms with Gasteiger partial charge < -0.3 is 4.98 Å². The fraction of sp³-hybridized carbons (Fsp3) is 0.130. The van der Waals surface area contributed by atoms with Crippen LogP contribution in [0.3, 0.4) is 0 Å². The number of nitrogens with one attached hydrogen (secondary N) is 2. The molecule has 0 aliphatic rings. The third-order valence-corrected chi connectivity index (χ3v) is 6.95. The minimum atomic E-state index is -3.70. The van der Waals surface area contributed by atoms with Gasteiger partial charge in [0.2, 0.25) is 10.0 Å². The number of nitrogens with zero attached hydrogens (tertiary/aromatic N) is 1. The van der Waals surface area contributed by atoms with Crippen molar-refractivity contribution in [1.29, 1.82) is 0 Å². The van der Waals surface area contributed by atoms with Crippen LogP contribution < -0.4 is 4.72 Å². The van der Waals surface area contributed by atoms with Gasteiger partial charge in [-0.05, 0) is 28.8 Å². The first kappa shape index (κ1) is 22.0. The van der Waals surface area contributed by atoms with Crippen LogP contribution in [0.2, 0.25) is 5.02 Å². The molecule has 1 heterocycles. The highest BCUT2D eigenvalue weighted by molar-refractivity contribution is 7.88. The first-order valence-electron chi connectivity index (χ1n) is 9.85. The summed E-state index contributed by atoms with van der Waals surface area (Å²) in [7, 11) is -3.70. The van der Waals surface area contributed by atoms with Crippen LogP contribution in [-0.2, 0) is 15.8 Å². The third-order valence-electron chi connectivity index (χ3n) is 5.29. The molecule has 0 aliphatic carbocycles. The van der Waals surface area contributed by atoms with E-state index < -0.39 is 14.9 Å². The van der Waals surface area contributed by atoms with Crippen LogP contribution in [0.1, 0.15) is 22.6 Å². The third kappa shape index (κ3) is 4.83. The summed E-state index contributed by atoms with van der Waals surface area (Å²) in [6.07, 6.45) is 1.88. The summed E-state index contributed by atoms with van der Waals surface area (Å²) in [5.41, 5.74) is 3.08. The first-order chi connectivity index (χ1) is 15.3. The van der Waals surface area contributed by atoms with Crippen molar-refractivity contribution in [3.8, 4) is 0 Å². The van der Waals surface area contributed by atoms with Crippen molar-refractivity contribution >= 4 is 38.2 Å². The summed E-state index contributed by atoms with van der Waals surface area (Å²) in [6.45, 7) is 0.112. The SMILES string of the molecule is O=[N+]([O-])c1ccc(CS(=O)(=O)NCC(c2ccccc2Cl)c2c[nH]c3ccccc23)cc1. The lowest BCUT2D eigenvalue weighted by Gasteiger charge is -2.19. The molecule has 2 N–H and O–H groups in total. The van der Waals surface area contributed by atoms with Gasteiger partial charge in [0.15, 0.2) is 0 Å². The van der Waals surface area contributed by atoms with E-state index in [-0.39, 0.29) is 23.9 Å². The van der Waals surface area contributed by atoms with Crippen LogP contribution in [0.4, 0.5) is 5.69 Å². The molecule has 9 heteroatoms. The van der Waals surface area contributed by atoms with Crippen LogP contribution in [0.25, 0.3) is 10.9 Å². The number of halogens is 1. The van der Waals surface area contributed by atoms with E-state index in [1.54, 1.807) is 6.07 Å². The van der Waals surface area contributed by atoms with Crippen molar-refractivity contribution in [2.45, 2.75) is 11.7 Å². The molecule has 3 aromatic carbocycles. The molecule has 164 valence electrons. The van der Waals surface area contributed by atoms with E-state index in [0.29, 0.717) is 10.6 Å². The molecular formula is C23H20ClN3O4S. The van der Waals surface area contributed by atoms with Gasteiger partial charge >= 0.3 is 0 Å². The second-order valence-corrected chi connectivity index (χ2v) is 9.61. The highest BCUT2D eigenvalue weighted by atomic mass is 35.5. The van der Waals surface area contributed by atoms with Gasteiger partial charge in [-0.25, -0.2) is 13.1 Å². The summed E-state index contributed by atoms with van der Waals surface area (Å²) in [5.74, 6) is -0.597. The van der Waals surface area contributed by atoms with Gasteiger partial charge in [0.1, 0.15) is 0 Å². The summed E-state index contributed by atoms with van der Waals surface area (Å²) < 4.78 is 28.3. The van der Waals surface area contributed by atoms with E-state index in [4.69, 9.17) is 11.6 Å². The predicted molar refractivity (Wildman–Crippen MR) is 125 cm³/mol. The Morgan fingerprint density at radius 1 is 0.969 bits per heavy atom. The van der Waals surface area contributed by atoms with Crippen molar-refractivity contribution in [2.24, 2.45) is 0 Å². The predicted octanol–water partition coefficient (Wildman–Crippen LogP) is 4.98. The van der Waals surface area contributed by atoms with Crippen molar-refractivity contribution in [2.75, 3.05) is 6.54 Å². The number of H-pyrrole nitrogens is 1. The lowest BCUT2D eigenvalue weighted by atomic mass is 9.91. The zero-order valence-corrected chi connectivity index (χ0v) is 18.4. The Bertz CT molecular complexity index is 1370. The lowest BCUT2D eigenvalue weighted by molar-refractivity contribution is -0.384. The molecule has 0 amide bonds. The van der Waals surface area contributed by atoms with Crippen molar-refractivity contribution in [3.05, 3.63) is 111 Å². The van der Waals surface area contributed by atoms with Gasteiger partial charge in [0.25, 0.3) is 5.69 Å². The van der Waals surface area contributed by atoms with Crippen LogP contribution in [0, 0.1) is 10.1 Å². The Labute approximate surface area is 190 Å². The van der Waals surface area contributed by atoms with Crippen molar-refractivity contribution < 1.29 is 13.3 Å². The van der Waals surface area contributed by atoms with E-state index in [0.717, 1.165) is 22.0 Å². The molecule has 4 aromatic rings. The zero-order chi connectivity index (χ0) is 22.7. The van der Waals surface area contributed by atoms with Gasteiger partial charge in [-0.1, -0.05) is 60.1 Å². The molecule has 0 bridgehead atoms. The highest BCUT2D eigenvalue weighted by Gasteiger charge is 2.23. The number of non-ortho nitro benzene ring substituents is 1. The van der Waals surface area contributed by atoms with E-state index in [1.165, 1.54) is 24.3 Å². The number of aromatic amines is 1. The number of rotatable bonds is 8. The molecule has 0 aliphatic heterocycles. The van der Waals surface area contributed by atoms with Crippen molar-refractivity contribution in [3.63, 3.8) is 0 Å². The maximum Gasteiger partial charge on any atom is 0.269 e. The fourth-order valence-corrected chi connectivity index (χ4v) is 5.14. The smallest absolute Gasteiger partial charge is 0.269 e. The molecule has 1 unspecified atom stereocenters. The number of sulfonamides is 1. The Balaban J connectivity index is 1.60. The number of nitro groups is 1. The van der Waals surface area contributed by atoms with Crippen LogP contribution in [-0.4, -0.2) is 24.9 Å². The number of hydrogen-bond acceptors (Lipinski definition) is 4. The molecule has 1 aromatic heterocycles. The Morgan fingerprint density at radius 3 is 2.38 bits per heavy atom. The average molecular weight is 470 g/mol. The molecule has 0 fully saturated rings. The topological polar surface area (TPSA) is 105 Å². The van der Waals surface area contributed by atoms with Gasteiger partial charge in [-0.15, -0.1) is 0 Å². The van der Waals surface area contributed by atoms with Gasteiger partial charge in [0.05, 0.1) is 10.7 Å². The van der Waals surface area contributed by atoms with E-state index >= 15 is 0 Å². The molecule has 1 atom stereocenters. The molecule has 4 rings (SSSR count). The van der Waals surface area contributed by atoms with Crippen LogP contribution in [0.5, 0.6) is 0 Å². The number of benzene rings is 3. The van der Waals surface area contributed by atoms with Crippen LogP contribution >= 0.6 is 11.6 Å². The molecule has 0 spiro atoms. The Hall–Kier alpha value is -3.20. The number of aromatic nitrogens is 1. The fourth-order valence-electron chi connectivity index (χ4n) is 3.72. The number of hydrogen-bond donors (Lipinski definition) is 2. The standard InChI is InChI=1S/C23H20ClN3O4S/c24-22-7-3-1-5-18(22)21(20-13-25-23-8-4-2-6-19(20)23)14-26-32(30,31)15-16-9-11-17(12-10-16)27(28)29/h1-13,21,25-26H,14-15H2. The molecule has 0 saturated heterocycles. The maximum absolute atomic E-state index is 12.8. The van der Waals surface area contributed by atoms with E-state index in [2.05, 4.69) is 9.71 Å². The second-order valence-electron chi connectivity index (χ2n) is 7.39. The van der Waals surface area contributed by atoms with Crippen LogP contribution in [0.15, 0.2) is 79.0 Å². The average Bonchev–Trinajstić information content (AvgIpc) is 3.19. The Kier molecular flexibility index (Phi) is 6.27. The van der Waals surface area contributed by atoms with E-state index in [9.17, 15) is 18.5 Å². The quantitative estimate of drug-likeness (QED) is 0.280. The summed E-state index contributed by atoms with van der Waals surface area (Å²) in [5, 5.41) is 12.4. The van der Waals surface area contributed by atoms with Gasteiger partial charge in [-0.2, -0.15) is 0 Å². The summed E-state index contributed by atoms with van der Waals surface area (Å²) >= 11 is 6.46. The van der Waals surface area contributed by atoms with Crippen molar-refractivity contribution in [1.82, 2.24) is 9.71 Å². The van der Waals surface area contributed by atoms with E-state index in [1.807, 2.05) is 48.7 Å². The molecule has 0 radical (unpaired) electrons. The zero-order valence-electron chi connectivity index (χ0n) is 16.9. The summed E-state index contributed by atoms with van der Waals surface area (Å²) in [4.78, 5) is 13.5. The Morgan fingerprint density at radius 2 is 1.66 bits per heavy atom. The number of para-hydroxylation sites is 1. The number of nitro benzene ring substituents is 1. The first-order valence-corrected chi connectivity index (χ1v) is 11.9. The van der Waals surface area contributed by atoms with Gasteiger partial charge in [-0.3, -0.25) is 10.1 Å². The molecule has 7 nitrogen and oxygen atoms in total. The molecule has 0 saturated carbocycles. The summed E-state index contributed by atoms with van der Waals surface area (Å²) in [6, 6.07) is 20.7. The number of fused-ring (bicyclic) bond motifs is 1. The van der Waals surface area contributed by atoms with Gasteiger partial charge in [0, 0.05) is 46.7 Å². The monoisotopic (exact) mass is 469 g/mol. The maximum atomic E-state index is 12.8. The normalized spacial score (nSPS) is 12.7. The molecular weight excluding hydrogens is 450 g/mol. The lowest BCUT2D eigenvalue weighted by Crippen LogP contribution is -2.30.